The predicted octanol–water partition coefficient (Wildman–Crippen LogP) is 1.55. The van der Waals surface area contributed by atoms with Gasteiger partial charge in [-0.15, -0.1) is 0 Å². The molecule has 0 bridgehead atoms. The molecule has 0 saturated heterocycles. The number of sulfone groups is 1. The molecule has 16 heavy (non-hydrogen) atoms. The van der Waals surface area contributed by atoms with E-state index in [1.54, 1.807) is 12.1 Å². The fourth-order valence-corrected chi connectivity index (χ4v) is 3.36. The van der Waals surface area contributed by atoms with E-state index in [2.05, 4.69) is 0 Å². The number of hydrogen-bond acceptors (Lipinski definition) is 3. The van der Waals surface area contributed by atoms with Crippen molar-refractivity contribution in [1.82, 2.24) is 0 Å². The zero-order valence-corrected chi connectivity index (χ0v) is 9.91. The van der Waals surface area contributed by atoms with E-state index in [4.69, 9.17) is 5.11 Å². The largest absolute Gasteiger partial charge is 0.396 e. The second kappa shape index (κ2) is 4.55. The van der Waals surface area contributed by atoms with Crippen molar-refractivity contribution in [2.24, 2.45) is 0 Å². The zero-order chi connectivity index (χ0) is 11.6. The van der Waals surface area contributed by atoms with Crippen molar-refractivity contribution in [3.05, 3.63) is 29.8 Å². The summed E-state index contributed by atoms with van der Waals surface area (Å²) in [6.45, 7) is 0.169. The monoisotopic (exact) mass is 240 g/mol. The molecule has 0 amide bonds. The zero-order valence-electron chi connectivity index (χ0n) is 9.09. The van der Waals surface area contributed by atoms with Gasteiger partial charge in [-0.2, -0.15) is 0 Å². The number of aryl methyl sites for hydroxylation is 1. The Bertz CT molecular complexity index is 444. The van der Waals surface area contributed by atoms with Gasteiger partial charge >= 0.3 is 0 Å². The Morgan fingerprint density at radius 3 is 2.31 bits per heavy atom. The van der Waals surface area contributed by atoms with Gasteiger partial charge in [0.2, 0.25) is 0 Å². The number of aliphatic hydroxyl groups is 1. The van der Waals surface area contributed by atoms with Crippen LogP contribution in [0, 0.1) is 0 Å². The molecule has 0 spiro atoms. The Morgan fingerprint density at radius 1 is 1.19 bits per heavy atom. The third kappa shape index (κ3) is 2.44. The van der Waals surface area contributed by atoms with E-state index < -0.39 is 9.84 Å². The lowest BCUT2D eigenvalue weighted by Crippen LogP contribution is -2.06. The van der Waals surface area contributed by atoms with E-state index >= 15 is 0 Å². The van der Waals surface area contributed by atoms with Gasteiger partial charge in [-0.25, -0.2) is 8.42 Å². The van der Waals surface area contributed by atoms with Crippen LogP contribution in [0.2, 0.25) is 0 Å². The van der Waals surface area contributed by atoms with Crippen LogP contribution in [0.25, 0.3) is 0 Å². The summed E-state index contributed by atoms with van der Waals surface area (Å²) in [6.07, 6.45) is 3.11. The average molecular weight is 240 g/mol. The summed E-state index contributed by atoms with van der Waals surface area (Å²) in [5.74, 6) is 0. The quantitative estimate of drug-likeness (QED) is 0.849. The average Bonchev–Trinajstić information content (AvgIpc) is 3.11. The van der Waals surface area contributed by atoms with Gasteiger partial charge in [-0.3, -0.25) is 0 Å². The first kappa shape index (κ1) is 11.6. The minimum absolute atomic E-state index is 0.143. The van der Waals surface area contributed by atoms with Crippen molar-refractivity contribution in [1.29, 1.82) is 0 Å². The van der Waals surface area contributed by atoms with Crippen LogP contribution in [0.5, 0.6) is 0 Å². The predicted molar refractivity (Wildman–Crippen MR) is 62.1 cm³/mol. The van der Waals surface area contributed by atoms with Gasteiger partial charge in [0.15, 0.2) is 9.84 Å². The smallest absolute Gasteiger partial charge is 0.181 e. The van der Waals surface area contributed by atoms with E-state index in [9.17, 15) is 8.42 Å². The molecule has 1 fully saturated rings. The summed E-state index contributed by atoms with van der Waals surface area (Å²) < 4.78 is 23.8. The molecule has 0 heterocycles. The summed E-state index contributed by atoms with van der Waals surface area (Å²) in [5, 5.41) is 8.55. The van der Waals surface area contributed by atoms with Gasteiger partial charge in [0.1, 0.15) is 0 Å². The molecule has 1 aliphatic rings. The number of hydrogen-bond donors (Lipinski definition) is 1. The molecule has 4 heteroatoms. The van der Waals surface area contributed by atoms with Crippen LogP contribution in [0.3, 0.4) is 0 Å². The molecule has 0 unspecified atom stereocenters. The Balaban J connectivity index is 2.12. The SMILES string of the molecule is O=S(=O)(c1ccc(CCCO)cc1)C1CC1. The van der Waals surface area contributed by atoms with Crippen molar-refractivity contribution < 1.29 is 13.5 Å². The topological polar surface area (TPSA) is 54.4 Å². The second-order valence-corrected chi connectivity index (χ2v) is 6.44. The van der Waals surface area contributed by atoms with E-state index in [0.717, 1.165) is 24.8 Å². The first-order valence-electron chi connectivity index (χ1n) is 5.58. The first-order chi connectivity index (χ1) is 7.64. The van der Waals surface area contributed by atoms with E-state index in [0.29, 0.717) is 11.3 Å². The highest BCUT2D eigenvalue weighted by Gasteiger charge is 2.36. The number of benzene rings is 1. The molecule has 1 saturated carbocycles. The Labute approximate surface area is 96.0 Å². The van der Waals surface area contributed by atoms with Crippen LogP contribution in [0.4, 0.5) is 0 Å². The molecule has 0 aliphatic heterocycles. The maximum absolute atomic E-state index is 11.9. The van der Waals surface area contributed by atoms with Crippen LogP contribution in [-0.4, -0.2) is 25.4 Å². The minimum Gasteiger partial charge on any atom is -0.396 e. The Kier molecular flexibility index (Phi) is 3.30. The van der Waals surface area contributed by atoms with Gasteiger partial charge in [-0.1, -0.05) is 12.1 Å². The molecule has 1 aromatic carbocycles. The standard InChI is InChI=1S/C12H16O3S/c13-9-1-2-10-3-5-11(6-4-10)16(14,15)12-7-8-12/h3-6,12-13H,1-2,7-9H2. The van der Waals surface area contributed by atoms with Gasteiger partial charge < -0.3 is 5.11 Å². The third-order valence-electron chi connectivity index (χ3n) is 2.84. The van der Waals surface area contributed by atoms with Crippen LogP contribution >= 0.6 is 0 Å². The molecule has 1 N–H and O–H groups in total. The van der Waals surface area contributed by atoms with Crippen LogP contribution in [0.15, 0.2) is 29.2 Å². The van der Waals surface area contributed by atoms with Gasteiger partial charge in [0.25, 0.3) is 0 Å². The molecule has 0 radical (unpaired) electrons. The Morgan fingerprint density at radius 2 is 1.81 bits per heavy atom. The van der Waals surface area contributed by atoms with E-state index in [-0.39, 0.29) is 11.9 Å². The fraction of sp³-hybridized carbons (Fsp3) is 0.500. The summed E-state index contributed by atoms with van der Waals surface area (Å²) in [6, 6.07) is 7.04. The highest BCUT2D eigenvalue weighted by atomic mass is 32.2. The fourth-order valence-electron chi connectivity index (χ4n) is 1.70. The van der Waals surface area contributed by atoms with Crippen LogP contribution in [0.1, 0.15) is 24.8 Å². The first-order valence-corrected chi connectivity index (χ1v) is 7.13. The second-order valence-electron chi connectivity index (χ2n) is 4.22. The molecular formula is C12H16O3S. The molecule has 2 rings (SSSR count). The lowest BCUT2D eigenvalue weighted by molar-refractivity contribution is 0.288. The normalized spacial score (nSPS) is 16.3. The van der Waals surface area contributed by atoms with Crippen LogP contribution in [-0.2, 0) is 16.3 Å². The third-order valence-corrected chi connectivity index (χ3v) is 5.12. The molecule has 0 aromatic heterocycles. The molecular weight excluding hydrogens is 224 g/mol. The Hall–Kier alpha value is -0.870. The highest BCUT2D eigenvalue weighted by molar-refractivity contribution is 7.92. The summed E-state index contributed by atoms with van der Waals surface area (Å²) in [7, 11) is -3.05. The van der Waals surface area contributed by atoms with Crippen LogP contribution < -0.4 is 0 Å². The van der Waals surface area contributed by atoms with Gasteiger partial charge in [-0.05, 0) is 43.4 Å². The number of rotatable bonds is 5. The maximum atomic E-state index is 11.9. The van der Waals surface area contributed by atoms with Crippen molar-refractivity contribution in [2.75, 3.05) is 6.61 Å². The van der Waals surface area contributed by atoms with Crippen molar-refractivity contribution in [3.8, 4) is 0 Å². The summed E-state index contributed by atoms with van der Waals surface area (Å²) in [4.78, 5) is 0.433. The highest BCUT2D eigenvalue weighted by Crippen LogP contribution is 2.33. The maximum Gasteiger partial charge on any atom is 0.181 e. The molecule has 3 nitrogen and oxygen atoms in total. The summed E-state index contributed by atoms with van der Waals surface area (Å²) in [5.41, 5.74) is 1.07. The molecule has 1 aliphatic carbocycles. The lowest BCUT2D eigenvalue weighted by atomic mass is 10.1. The van der Waals surface area contributed by atoms with E-state index in [1.807, 2.05) is 12.1 Å². The van der Waals surface area contributed by atoms with Crippen molar-refractivity contribution in [3.63, 3.8) is 0 Å². The van der Waals surface area contributed by atoms with E-state index in [1.165, 1.54) is 0 Å². The minimum atomic E-state index is -3.05. The molecule has 88 valence electrons. The number of aliphatic hydroxyl groups excluding tert-OH is 1. The summed E-state index contributed by atoms with van der Waals surface area (Å²) >= 11 is 0. The molecule has 0 atom stereocenters. The van der Waals surface area contributed by atoms with Gasteiger partial charge in [0, 0.05) is 6.61 Å². The van der Waals surface area contributed by atoms with Gasteiger partial charge in [0.05, 0.1) is 10.1 Å². The molecule has 1 aromatic rings. The lowest BCUT2D eigenvalue weighted by Gasteiger charge is -2.04. The van der Waals surface area contributed by atoms with Crippen molar-refractivity contribution >= 4 is 9.84 Å². The van der Waals surface area contributed by atoms with Crippen molar-refractivity contribution in [2.45, 2.75) is 35.8 Å².